The van der Waals surface area contributed by atoms with Crippen LogP contribution in [0, 0.1) is 0 Å². The third-order valence-electron chi connectivity index (χ3n) is 3.87. The quantitative estimate of drug-likeness (QED) is 0.460. The molecule has 0 bridgehead atoms. The lowest BCUT2D eigenvalue weighted by molar-refractivity contribution is 0.318. The molecule has 0 unspecified atom stereocenters. The van der Waals surface area contributed by atoms with Gasteiger partial charge in [-0.05, 0) is 41.8 Å². The van der Waals surface area contributed by atoms with E-state index in [2.05, 4.69) is 41.8 Å². The third kappa shape index (κ3) is 7.42. The van der Waals surface area contributed by atoms with E-state index >= 15 is 0 Å². The Morgan fingerprint density at radius 1 is 1.26 bits per heavy atom. The Balaban J connectivity index is 1.89. The molecule has 1 aliphatic rings. The molecule has 27 heavy (non-hydrogen) atoms. The molecule has 1 aromatic carbocycles. The molecular weight excluding hydrogens is 343 g/mol. The molecular formula is C21H27FN4O. The van der Waals surface area contributed by atoms with Crippen LogP contribution in [-0.4, -0.2) is 31.9 Å². The van der Waals surface area contributed by atoms with Crippen molar-refractivity contribution in [3.63, 3.8) is 0 Å². The Labute approximate surface area is 160 Å². The van der Waals surface area contributed by atoms with Gasteiger partial charge in [0.25, 0.3) is 0 Å². The fourth-order valence-electron chi connectivity index (χ4n) is 2.39. The number of hydrazine groups is 1. The van der Waals surface area contributed by atoms with E-state index in [0.717, 1.165) is 17.7 Å². The number of hydrogen-bond donors (Lipinski definition) is 3. The average Bonchev–Trinajstić information content (AvgIpc) is 2.91. The van der Waals surface area contributed by atoms with Crippen LogP contribution < -0.4 is 21.6 Å². The lowest BCUT2D eigenvalue weighted by atomic mass is 10.1. The number of hydrogen-bond acceptors (Lipinski definition) is 5. The monoisotopic (exact) mass is 370 g/mol. The highest BCUT2D eigenvalue weighted by Crippen LogP contribution is 2.16. The van der Waals surface area contributed by atoms with Gasteiger partial charge in [0.05, 0.1) is 12.2 Å². The van der Waals surface area contributed by atoms with Gasteiger partial charge in [-0.3, -0.25) is 0 Å². The minimum Gasteiger partial charge on any atom is -0.487 e. The predicted molar refractivity (Wildman–Crippen MR) is 109 cm³/mol. The Hall–Kier alpha value is -2.99. The van der Waals surface area contributed by atoms with E-state index in [4.69, 9.17) is 16.3 Å². The summed E-state index contributed by atoms with van der Waals surface area (Å²) in [6.45, 7) is -0.245. The average molecular weight is 370 g/mol. The second-order valence-corrected chi connectivity index (χ2v) is 6.04. The highest BCUT2D eigenvalue weighted by molar-refractivity contribution is 5.55. The van der Waals surface area contributed by atoms with Gasteiger partial charge < -0.3 is 20.8 Å². The van der Waals surface area contributed by atoms with Crippen LogP contribution in [0.3, 0.4) is 0 Å². The van der Waals surface area contributed by atoms with Crippen LogP contribution in [0.15, 0.2) is 77.8 Å². The predicted octanol–water partition coefficient (Wildman–Crippen LogP) is 3.01. The number of likely N-dealkylation sites (N-methyl/N-ethyl adjacent to an activating group) is 1. The largest absolute Gasteiger partial charge is 0.487 e. The first kappa shape index (κ1) is 20.3. The maximum atomic E-state index is 12.2. The van der Waals surface area contributed by atoms with Crippen molar-refractivity contribution < 1.29 is 9.13 Å². The molecule has 2 rings (SSSR count). The van der Waals surface area contributed by atoms with Crippen LogP contribution in [0.2, 0.25) is 0 Å². The third-order valence-corrected chi connectivity index (χ3v) is 3.87. The van der Waals surface area contributed by atoms with Crippen LogP contribution in [0.5, 0.6) is 5.75 Å². The molecule has 0 aliphatic heterocycles. The second kappa shape index (κ2) is 10.9. The van der Waals surface area contributed by atoms with Crippen molar-refractivity contribution in [2.75, 3.05) is 26.9 Å². The number of nitrogens with one attached hydrogen (secondary N) is 1. The Morgan fingerprint density at radius 2 is 2.04 bits per heavy atom. The fourth-order valence-corrected chi connectivity index (χ4v) is 2.39. The number of halogens is 1. The van der Waals surface area contributed by atoms with Crippen molar-refractivity contribution in [3.05, 3.63) is 83.4 Å². The molecule has 1 aliphatic carbocycles. The van der Waals surface area contributed by atoms with E-state index in [0.29, 0.717) is 11.4 Å². The van der Waals surface area contributed by atoms with Crippen molar-refractivity contribution in [2.45, 2.75) is 6.42 Å². The number of nitrogens with two attached hydrogens (primary N) is 2. The number of allylic oxidation sites excluding steroid dienone is 6. The van der Waals surface area contributed by atoms with Crippen molar-refractivity contribution in [3.8, 4) is 5.75 Å². The summed E-state index contributed by atoms with van der Waals surface area (Å²) in [5, 5.41) is 4.34. The van der Waals surface area contributed by atoms with Gasteiger partial charge >= 0.3 is 0 Å². The van der Waals surface area contributed by atoms with Crippen molar-refractivity contribution in [1.29, 1.82) is 0 Å². The minimum atomic E-state index is -0.531. The summed E-state index contributed by atoms with van der Waals surface area (Å²) < 4.78 is 17.8. The Bertz CT molecular complexity index is 748. The van der Waals surface area contributed by atoms with Crippen molar-refractivity contribution >= 4 is 6.08 Å². The second-order valence-electron chi connectivity index (χ2n) is 6.04. The van der Waals surface area contributed by atoms with Gasteiger partial charge in [-0.2, -0.15) is 0 Å². The molecule has 0 heterocycles. The maximum Gasteiger partial charge on any atom is 0.129 e. The van der Waals surface area contributed by atoms with E-state index in [-0.39, 0.29) is 13.2 Å². The molecule has 0 fully saturated rings. The molecule has 0 atom stereocenters. The van der Waals surface area contributed by atoms with Crippen LogP contribution >= 0.6 is 0 Å². The van der Waals surface area contributed by atoms with Crippen molar-refractivity contribution in [2.24, 2.45) is 11.6 Å². The molecule has 0 aromatic heterocycles. The lowest BCUT2D eigenvalue weighted by Crippen LogP contribution is -2.29. The van der Waals surface area contributed by atoms with Gasteiger partial charge in [0.1, 0.15) is 19.0 Å². The SMILES string of the molecule is CNC1=CC=C(/C=C/c2ccc(OC/C(N)=C/N(N)CCF)cc2)CC=C1. The number of rotatable bonds is 9. The normalized spacial score (nSPS) is 14.6. The lowest BCUT2D eigenvalue weighted by Gasteiger charge is -2.13. The van der Waals surface area contributed by atoms with Gasteiger partial charge in [0.2, 0.25) is 0 Å². The Kier molecular flexibility index (Phi) is 8.19. The first-order valence-corrected chi connectivity index (χ1v) is 8.80. The van der Waals surface area contributed by atoms with Gasteiger partial charge in [-0.25, -0.2) is 10.2 Å². The summed E-state index contributed by atoms with van der Waals surface area (Å²) in [7, 11) is 1.91. The van der Waals surface area contributed by atoms with E-state index < -0.39 is 6.67 Å². The smallest absolute Gasteiger partial charge is 0.129 e. The number of alkyl halides is 1. The zero-order valence-electron chi connectivity index (χ0n) is 15.6. The zero-order valence-corrected chi connectivity index (χ0v) is 15.6. The van der Waals surface area contributed by atoms with Crippen LogP contribution in [0.1, 0.15) is 12.0 Å². The molecule has 5 nitrogen and oxygen atoms in total. The molecule has 5 N–H and O–H groups in total. The van der Waals surface area contributed by atoms with Crippen LogP contribution in [0.25, 0.3) is 6.08 Å². The fraction of sp³-hybridized carbons (Fsp3) is 0.238. The van der Waals surface area contributed by atoms with E-state index in [1.54, 1.807) is 0 Å². The van der Waals surface area contributed by atoms with Gasteiger partial charge in [-0.15, -0.1) is 0 Å². The number of benzene rings is 1. The standard InChI is InChI=1S/C21H27FN4O/c1-25-20-4-2-3-17(7-10-20)5-6-18-8-11-21(12-9-18)27-16-19(23)15-26(24)14-13-22/h2,4-12,15,25H,3,13-14,16,23-24H2,1H3/b6-5+,19-15-. The zero-order chi connectivity index (χ0) is 19.5. The summed E-state index contributed by atoms with van der Waals surface area (Å²) in [5.74, 6) is 6.26. The van der Waals surface area contributed by atoms with E-state index in [1.807, 2.05) is 31.3 Å². The summed E-state index contributed by atoms with van der Waals surface area (Å²) in [5.41, 5.74) is 9.64. The van der Waals surface area contributed by atoms with E-state index in [9.17, 15) is 4.39 Å². The molecule has 0 spiro atoms. The van der Waals surface area contributed by atoms with Gasteiger partial charge in [-0.1, -0.05) is 36.4 Å². The highest BCUT2D eigenvalue weighted by atomic mass is 19.1. The first-order valence-electron chi connectivity index (χ1n) is 8.80. The van der Waals surface area contributed by atoms with Gasteiger partial charge in [0, 0.05) is 18.9 Å². The molecule has 0 radical (unpaired) electrons. The minimum absolute atomic E-state index is 0.0972. The first-order chi connectivity index (χ1) is 13.1. The molecule has 144 valence electrons. The molecule has 0 saturated heterocycles. The summed E-state index contributed by atoms with van der Waals surface area (Å²) >= 11 is 0. The number of ether oxygens (including phenoxy) is 1. The summed E-state index contributed by atoms with van der Waals surface area (Å²) in [6, 6.07) is 7.72. The summed E-state index contributed by atoms with van der Waals surface area (Å²) in [4.78, 5) is 0. The molecule has 1 aromatic rings. The molecule has 0 saturated carbocycles. The highest BCUT2D eigenvalue weighted by Gasteiger charge is 1.99. The van der Waals surface area contributed by atoms with Crippen LogP contribution in [-0.2, 0) is 0 Å². The topological polar surface area (TPSA) is 76.5 Å². The Morgan fingerprint density at radius 3 is 2.74 bits per heavy atom. The molecule has 0 amide bonds. The van der Waals surface area contributed by atoms with Crippen molar-refractivity contribution in [1.82, 2.24) is 10.3 Å². The molecule has 6 heteroatoms. The van der Waals surface area contributed by atoms with Gasteiger partial charge in [0.15, 0.2) is 0 Å². The number of nitrogens with zero attached hydrogens (tertiary/aromatic N) is 1. The van der Waals surface area contributed by atoms with E-state index in [1.165, 1.54) is 16.8 Å². The maximum absolute atomic E-state index is 12.2. The summed E-state index contributed by atoms with van der Waals surface area (Å²) in [6.07, 6.45) is 14.9. The van der Waals surface area contributed by atoms with Crippen LogP contribution in [0.4, 0.5) is 4.39 Å².